The quantitative estimate of drug-likeness (QED) is 0.655. The molecule has 27 heavy (non-hydrogen) atoms. The van der Waals surface area contributed by atoms with Crippen molar-refractivity contribution in [2.24, 2.45) is 0 Å². The first-order valence-corrected chi connectivity index (χ1v) is 10.1. The number of carbonyl (C=O) groups is 1. The van der Waals surface area contributed by atoms with Gasteiger partial charge in [-0.3, -0.25) is 9.89 Å². The third-order valence-electron chi connectivity index (χ3n) is 4.85. The molecule has 2 N–H and O–H groups in total. The van der Waals surface area contributed by atoms with E-state index in [2.05, 4.69) is 38.7 Å². The summed E-state index contributed by atoms with van der Waals surface area (Å²) < 4.78 is 0. The Morgan fingerprint density at radius 2 is 1.96 bits per heavy atom. The highest BCUT2D eigenvalue weighted by atomic mass is 32.2. The van der Waals surface area contributed by atoms with Gasteiger partial charge < -0.3 is 5.32 Å². The number of nitrogens with one attached hydrogen (secondary N) is 2. The van der Waals surface area contributed by atoms with Gasteiger partial charge in [0.15, 0.2) is 5.82 Å². The number of aryl methyl sites for hydroxylation is 1. The van der Waals surface area contributed by atoms with E-state index in [0.717, 1.165) is 24.8 Å². The summed E-state index contributed by atoms with van der Waals surface area (Å²) in [5.41, 5.74) is 3.57. The van der Waals surface area contributed by atoms with Crippen molar-refractivity contribution in [2.45, 2.75) is 42.6 Å². The molecule has 1 aliphatic rings. The summed E-state index contributed by atoms with van der Waals surface area (Å²) in [7, 11) is 0. The average molecular weight is 379 g/mol. The average Bonchev–Trinajstić information content (AvgIpc) is 3.17. The standard InChI is InChI=1S/C21H22N4OS/c1-14(27-21-23-19(24-25-21)16-9-3-2-4-10-16)20(26)22-18-13-7-11-15-8-5-6-12-17(15)18/h2-6,8-10,12,14,18H,7,11,13H2,1H3,(H,22,26)(H,23,24,25)/t14-,18-/m1/s1. The van der Waals surface area contributed by atoms with Crippen LogP contribution in [-0.4, -0.2) is 26.3 Å². The molecular weight excluding hydrogens is 356 g/mol. The Morgan fingerprint density at radius 3 is 2.81 bits per heavy atom. The van der Waals surface area contributed by atoms with Crippen LogP contribution in [0.5, 0.6) is 0 Å². The summed E-state index contributed by atoms with van der Waals surface area (Å²) in [6, 6.07) is 18.3. The lowest BCUT2D eigenvalue weighted by molar-refractivity contribution is -0.121. The normalized spacial score (nSPS) is 17.1. The summed E-state index contributed by atoms with van der Waals surface area (Å²) in [5, 5.41) is 10.7. The molecular formula is C21H22N4OS. The van der Waals surface area contributed by atoms with Gasteiger partial charge in [-0.1, -0.05) is 66.4 Å². The van der Waals surface area contributed by atoms with Crippen molar-refractivity contribution in [3.63, 3.8) is 0 Å². The molecule has 0 aliphatic heterocycles. The van der Waals surface area contributed by atoms with Gasteiger partial charge in [-0.05, 0) is 37.3 Å². The van der Waals surface area contributed by atoms with Crippen LogP contribution in [-0.2, 0) is 11.2 Å². The highest BCUT2D eigenvalue weighted by Gasteiger charge is 2.24. The maximum absolute atomic E-state index is 12.7. The van der Waals surface area contributed by atoms with Gasteiger partial charge in [0, 0.05) is 5.56 Å². The fourth-order valence-corrected chi connectivity index (χ4v) is 4.16. The maximum atomic E-state index is 12.7. The van der Waals surface area contributed by atoms with Crippen LogP contribution in [0, 0.1) is 0 Å². The molecule has 0 saturated heterocycles. The number of aromatic amines is 1. The summed E-state index contributed by atoms with van der Waals surface area (Å²) in [4.78, 5) is 17.2. The van der Waals surface area contributed by atoms with Crippen LogP contribution in [0.15, 0.2) is 59.8 Å². The predicted octanol–water partition coefficient (Wildman–Crippen LogP) is 4.15. The zero-order valence-corrected chi connectivity index (χ0v) is 16.0. The first-order valence-electron chi connectivity index (χ1n) is 9.23. The fourth-order valence-electron chi connectivity index (χ4n) is 3.43. The predicted molar refractivity (Wildman–Crippen MR) is 107 cm³/mol. The molecule has 1 amide bonds. The number of fused-ring (bicyclic) bond motifs is 1. The zero-order valence-electron chi connectivity index (χ0n) is 15.2. The van der Waals surface area contributed by atoms with Crippen LogP contribution >= 0.6 is 11.8 Å². The molecule has 0 saturated carbocycles. The first-order chi connectivity index (χ1) is 13.2. The van der Waals surface area contributed by atoms with Crippen LogP contribution in [0.1, 0.15) is 36.9 Å². The minimum absolute atomic E-state index is 0.0211. The van der Waals surface area contributed by atoms with E-state index >= 15 is 0 Å². The molecule has 6 heteroatoms. The van der Waals surface area contributed by atoms with Crippen molar-refractivity contribution in [3.8, 4) is 11.4 Å². The molecule has 138 valence electrons. The van der Waals surface area contributed by atoms with E-state index in [9.17, 15) is 4.79 Å². The highest BCUT2D eigenvalue weighted by molar-refractivity contribution is 8.00. The summed E-state index contributed by atoms with van der Waals surface area (Å²) >= 11 is 1.37. The van der Waals surface area contributed by atoms with Gasteiger partial charge in [-0.25, -0.2) is 4.98 Å². The Labute approximate surface area is 163 Å². The van der Waals surface area contributed by atoms with Gasteiger partial charge in [0.2, 0.25) is 11.1 Å². The molecule has 5 nitrogen and oxygen atoms in total. The maximum Gasteiger partial charge on any atom is 0.233 e. The number of nitrogens with zero attached hydrogens (tertiary/aromatic N) is 2. The van der Waals surface area contributed by atoms with Crippen molar-refractivity contribution >= 4 is 17.7 Å². The van der Waals surface area contributed by atoms with E-state index < -0.39 is 0 Å². The molecule has 2 atom stereocenters. The van der Waals surface area contributed by atoms with Gasteiger partial charge in [-0.2, -0.15) is 0 Å². The van der Waals surface area contributed by atoms with Crippen LogP contribution < -0.4 is 5.32 Å². The molecule has 0 unspecified atom stereocenters. The molecule has 0 bridgehead atoms. The lowest BCUT2D eigenvalue weighted by Crippen LogP contribution is -2.35. The zero-order chi connectivity index (χ0) is 18.6. The van der Waals surface area contributed by atoms with E-state index in [0.29, 0.717) is 11.0 Å². The SMILES string of the molecule is C[C@@H](Sc1n[nH]c(-c2ccccc2)n1)C(=O)N[C@@H]1CCCc2ccccc21. The van der Waals surface area contributed by atoms with Crippen molar-refractivity contribution in [2.75, 3.05) is 0 Å². The first kappa shape index (κ1) is 17.8. The molecule has 3 aromatic rings. The largest absolute Gasteiger partial charge is 0.348 e. The van der Waals surface area contributed by atoms with E-state index in [4.69, 9.17) is 0 Å². The third kappa shape index (κ3) is 4.06. The number of H-pyrrole nitrogens is 1. The molecule has 0 spiro atoms. The minimum atomic E-state index is -0.265. The summed E-state index contributed by atoms with van der Waals surface area (Å²) in [5.74, 6) is 0.736. The number of benzene rings is 2. The van der Waals surface area contributed by atoms with Gasteiger partial charge >= 0.3 is 0 Å². The Balaban J connectivity index is 1.40. The Hall–Kier alpha value is -2.60. The smallest absolute Gasteiger partial charge is 0.233 e. The van der Waals surface area contributed by atoms with Gasteiger partial charge in [0.1, 0.15) is 0 Å². The highest BCUT2D eigenvalue weighted by Crippen LogP contribution is 2.30. The Morgan fingerprint density at radius 1 is 1.19 bits per heavy atom. The van der Waals surface area contributed by atoms with E-state index in [1.165, 1.54) is 22.9 Å². The lowest BCUT2D eigenvalue weighted by atomic mass is 9.88. The van der Waals surface area contributed by atoms with E-state index in [1.54, 1.807) is 0 Å². The van der Waals surface area contributed by atoms with Crippen LogP contribution in [0.2, 0.25) is 0 Å². The number of aromatic nitrogens is 3. The van der Waals surface area contributed by atoms with Crippen molar-refractivity contribution < 1.29 is 4.79 Å². The molecule has 0 radical (unpaired) electrons. The molecule has 1 aliphatic carbocycles. The second-order valence-corrected chi connectivity index (χ2v) is 8.05. The van der Waals surface area contributed by atoms with Crippen LogP contribution in [0.25, 0.3) is 11.4 Å². The monoisotopic (exact) mass is 378 g/mol. The number of rotatable bonds is 5. The number of thioether (sulfide) groups is 1. The number of hydrogen-bond acceptors (Lipinski definition) is 4. The summed E-state index contributed by atoms with van der Waals surface area (Å²) in [6.45, 7) is 1.90. The minimum Gasteiger partial charge on any atom is -0.348 e. The molecule has 1 aromatic heterocycles. The molecule has 2 aromatic carbocycles. The number of carbonyl (C=O) groups excluding carboxylic acids is 1. The fraction of sp³-hybridized carbons (Fsp3) is 0.286. The van der Waals surface area contributed by atoms with Gasteiger partial charge in [0.05, 0.1) is 11.3 Å². The van der Waals surface area contributed by atoms with Crippen LogP contribution in [0.3, 0.4) is 0 Å². The Bertz CT molecular complexity index is 925. The summed E-state index contributed by atoms with van der Waals surface area (Å²) in [6.07, 6.45) is 3.18. The third-order valence-corrected chi connectivity index (χ3v) is 5.81. The molecule has 0 fully saturated rings. The van der Waals surface area contributed by atoms with Gasteiger partial charge in [-0.15, -0.1) is 5.10 Å². The second kappa shape index (κ2) is 7.96. The van der Waals surface area contributed by atoms with Crippen molar-refractivity contribution in [1.82, 2.24) is 20.5 Å². The van der Waals surface area contributed by atoms with E-state index in [-0.39, 0.29) is 17.2 Å². The topological polar surface area (TPSA) is 70.7 Å². The Kier molecular flexibility index (Phi) is 5.25. The molecule has 1 heterocycles. The molecule has 4 rings (SSSR count). The van der Waals surface area contributed by atoms with Crippen molar-refractivity contribution in [3.05, 3.63) is 65.7 Å². The number of amides is 1. The van der Waals surface area contributed by atoms with Crippen LogP contribution in [0.4, 0.5) is 0 Å². The van der Waals surface area contributed by atoms with Gasteiger partial charge in [0.25, 0.3) is 0 Å². The van der Waals surface area contributed by atoms with Crippen molar-refractivity contribution in [1.29, 1.82) is 0 Å². The second-order valence-electron chi connectivity index (χ2n) is 6.74. The lowest BCUT2D eigenvalue weighted by Gasteiger charge is -2.27. The number of hydrogen-bond donors (Lipinski definition) is 2. The van der Waals surface area contributed by atoms with E-state index in [1.807, 2.05) is 43.3 Å².